The van der Waals surface area contributed by atoms with E-state index in [-0.39, 0.29) is 5.91 Å². The van der Waals surface area contributed by atoms with E-state index in [1.807, 2.05) is 13.8 Å². The Morgan fingerprint density at radius 3 is 2.05 bits per heavy atom. The van der Waals surface area contributed by atoms with Crippen molar-refractivity contribution in [3.63, 3.8) is 0 Å². The lowest BCUT2D eigenvalue weighted by molar-refractivity contribution is -0.146. The molecule has 1 aromatic rings. The van der Waals surface area contributed by atoms with Gasteiger partial charge in [0, 0.05) is 15.7 Å². The highest BCUT2D eigenvalue weighted by Crippen LogP contribution is 2.35. The van der Waals surface area contributed by atoms with Crippen molar-refractivity contribution in [2.24, 2.45) is 11.8 Å². The molecule has 0 saturated carbocycles. The standard InChI is InChI=1S/C16H17Cl2NO3/c1-8-3-13(14(16(21)22)4-9(8)2)15(20)19-12-6-10(17)5-11(18)7-12/h5-7,13-14H,3-4H2,1-2H3,(H,19,20)(H,21,22)/t13-,14+/m1/s1. The van der Waals surface area contributed by atoms with Crippen LogP contribution in [0.15, 0.2) is 29.3 Å². The molecule has 1 aliphatic rings. The molecule has 0 radical (unpaired) electrons. The van der Waals surface area contributed by atoms with Gasteiger partial charge in [0.25, 0.3) is 0 Å². The number of hydrogen-bond acceptors (Lipinski definition) is 2. The first kappa shape index (κ1) is 16.8. The average Bonchev–Trinajstić information content (AvgIpc) is 2.39. The van der Waals surface area contributed by atoms with Gasteiger partial charge in [-0.2, -0.15) is 0 Å². The van der Waals surface area contributed by atoms with Crippen LogP contribution in [0.4, 0.5) is 5.69 Å². The summed E-state index contributed by atoms with van der Waals surface area (Å²) in [6, 6.07) is 4.73. The molecule has 22 heavy (non-hydrogen) atoms. The minimum atomic E-state index is -0.948. The van der Waals surface area contributed by atoms with Gasteiger partial charge in [-0.05, 0) is 44.9 Å². The zero-order valence-electron chi connectivity index (χ0n) is 12.3. The first-order valence-electron chi connectivity index (χ1n) is 6.93. The van der Waals surface area contributed by atoms with Crippen LogP contribution in [0.1, 0.15) is 26.7 Å². The Kier molecular flexibility index (Phi) is 5.14. The lowest BCUT2D eigenvalue weighted by Gasteiger charge is -2.29. The maximum absolute atomic E-state index is 12.5. The van der Waals surface area contributed by atoms with Gasteiger partial charge in [0.05, 0.1) is 11.8 Å². The zero-order valence-corrected chi connectivity index (χ0v) is 13.8. The lowest BCUT2D eigenvalue weighted by Crippen LogP contribution is -2.36. The minimum absolute atomic E-state index is 0.322. The maximum Gasteiger partial charge on any atom is 0.307 e. The topological polar surface area (TPSA) is 66.4 Å². The fraction of sp³-hybridized carbons (Fsp3) is 0.375. The van der Waals surface area contributed by atoms with Crippen LogP contribution in [0.3, 0.4) is 0 Å². The van der Waals surface area contributed by atoms with Gasteiger partial charge < -0.3 is 10.4 Å². The monoisotopic (exact) mass is 341 g/mol. The summed E-state index contributed by atoms with van der Waals surface area (Å²) in [5, 5.41) is 12.9. The summed E-state index contributed by atoms with van der Waals surface area (Å²) in [4.78, 5) is 23.9. The van der Waals surface area contributed by atoms with Gasteiger partial charge in [-0.15, -0.1) is 0 Å². The third kappa shape index (κ3) is 3.81. The summed E-state index contributed by atoms with van der Waals surface area (Å²) >= 11 is 11.8. The van der Waals surface area contributed by atoms with Crippen LogP contribution in [0.5, 0.6) is 0 Å². The fourth-order valence-electron chi connectivity index (χ4n) is 2.69. The lowest BCUT2D eigenvalue weighted by atomic mass is 9.76. The molecule has 0 saturated heterocycles. The molecular weight excluding hydrogens is 325 g/mol. The third-order valence-electron chi connectivity index (χ3n) is 4.05. The van der Waals surface area contributed by atoms with Gasteiger partial charge >= 0.3 is 5.97 Å². The molecule has 0 fully saturated rings. The molecule has 4 nitrogen and oxygen atoms in total. The summed E-state index contributed by atoms with van der Waals surface area (Å²) in [5.41, 5.74) is 2.58. The molecule has 0 unspecified atom stereocenters. The molecule has 2 rings (SSSR count). The fourth-order valence-corrected chi connectivity index (χ4v) is 3.21. The quantitative estimate of drug-likeness (QED) is 0.801. The van der Waals surface area contributed by atoms with Crippen molar-refractivity contribution in [2.75, 3.05) is 5.32 Å². The Labute approximate surface area is 139 Å². The zero-order chi connectivity index (χ0) is 16.4. The Morgan fingerprint density at radius 1 is 1.05 bits per heavy atom. The van der Waals surface area contributed by atoms with Crippen molar-refractivity contribution in [1.29, 1.82) is 0 Å². The van der Waals surface area contributed by atoms with Crippen molar-refractivity contribution >= 4 is 40.8 Å². The summed E-state index contributed by atoms with van der Waals surface area (Å²) < 4.78 is 0. The van der Waals surface area contributed by atoms with Gasteiger partial charge in [0.2, 0.25) is 5.91 Å². The van der Waals surface area contributed by atoms with E-state index in [1.54, 1.807) is 18.2 Å². The normalized spacial score (nSPS) is 21.6. The number of carboxylic acids is 1. The predicted octanol–water partition coefficient (Wildman–Crippen LogP) is 4.38. The second kappa shape index (κ2) is 6.71. The molecule has 1 amide bonds. The van der Waals surface area contributed by atoms with Crippen LogP contribution >= 0.6 is 23.2 Å². The molecule has 0 bridgehead atoms. The number of carbonyl (C=O) groups is 2. The van der Waals surface area contributed by atoms with Crippen molar-refractivity contribution in [1.82, 2.24) is 0 Å². The van der Waals surface area contributed by atoms with Gasteiger partial charge in [0.1, 0.15) is 0 Å². The molecule has 0 heterocycles. The number of anilines is 1. The predicted molar refractivity (Wildman–Crippen MR) is 87.3 cm³/mol. The van der Waals surface area contributed by atoms with E-state index in [0.717, 1.165) is 11.1 Å². The van der Waals surface area contributed by atoms with E-state index in [0.29, 0.717) is 28.6 Å². The van der Waals surface area contributed by atoms with Crippen molar-refractivity contribution in [3.8, 4) is 0 Å². The minimum Gasteiger partial charge on any atom is -0.481 e. The van der Waals surface area contributed by atoms with Crippen LogP contribution in [-0.4, -0.2) is 17.0 Å². The molecule has 118 valence electrons. The number of amides is 1. The van der Waals surface area contributed by atoms with Gasteiger partial charge in [-0.3, -0.25) is 9.59 Å². The first-order valence-corrected chi connectivity index (χ1v) is 7.68. The molecule has 2 atom stereocenters. The Morgan fingerprint density at radius 2 is 1.55 bits per heavy atom. The molecule has 6 heteroatoms. The average molecular weight is 342 g/mol. The van der Waals surface area contributed by atoms with Crippen LogP contribution in [0.25, 0.3) is 0 Å². The van der Waals surface area contributed by atoms with Crippen molar-refractivity contribution in [2.45, 2.75) is 26.7 Å². The Hall–Kier alpha value is -1.52. The number of carboxylic acid groups (broad SMARTS) is 1. The van der Waals surface area contributed by atoms with Crippen LogP contribution in [0, 0.1) is 11.8 Å². The molecule has 1 aromatic carbocycles. The summed E-state index contributed by atoms with van der Waals surface area (Å²) in [5.74, 6) is -2.58. The summed E-state index contributed by atoms with van der Waals surface area (Å²) in [6.45, 7) is 3.85. The summed E-state index contributed by atoms with van der Waals surface area (Å²) in [7, 11) is 0. The van der Waals surface area contributed by atoms with Gasteiger partial charge in [-0.1, -0.05) is 34.3 Å². The molecule has 0 aliphatic heterocycles. The number of carbonyl (C=O) groups excluding carboxylic acids is 1. The Balaban J connectivity index is 2.21. The molecule has 0 aromatic heterocycles. The summed E-state index contributed by atoms with van der Waals surface area (Å²) in [6.07, 6.45) is 0.846. The highest BCUT2D eigenvalue weighted by atomic mass is 35.5. The maximum atomic E-state index is 12.5. The van der Waals surface area contributed by atoms with Crippen LogP contribution in [-0.2, 0) is 9.59 Å². The highest BCUT2D eigenvalue weighted by molar-refractivity contribution is 6.35. The van der Waals surface area contributed by atoms with Crippen LogP contribution in [0.2, 0.25) is 10.0 Å². The van der Waals surface area contributed by atoms with Gasteiger partial charge in [-0.25, -0.2) is 0 Å². The molecule has 2 N–H and O–H groups in total. The smallest absolute Gasteiger partial charge is 0.307 e. The largest absolute Gasteiger partial charge is 0.481 e. The van der Waals surface area contributed by atoms with E-state index in [4.69, 9.17) is 23.2 Å². The number of halogens is 2. The second-order valence-electron chi connectivity index (χ2n) is 5.67. The van der Waals surface area contributed by atoms with E-state index in [9.17, 15) is 14.7 Å². The SMILES string of the molecule is CC1=C(C)C[C@@H](C(=O)Nc2cc(Cl)cc(Cl)c2)[C@@H](C(=O)O)C1. The number of rotatable bonds is 3. The molecule has 0 spiro atoms. The second-order valence-corrected chi connectivity index (χ2v) is 6.54. The number of allylic oxidation sites excluding steroid dienone is 2. The van der Waals surface area contributed by atoms with E-state index >= 15 is 0 Å². The van der Waals surface area contributed by atoms with Gasteiger partial charge in [0.15, 0.2) is 0 Å². The van der Waals surface area contributed by atoms with E-state index < -0.39 is 17.8 Å². The molecular formula is C16H17Cl2NO3. The third-order valence-corrected chi connectivity index (χ3v) is 4.49. The highest BCUT2D eigenvalue weighted by Gasteiger charge is 2.37. The Bertz CT molecular complexity index is 635. The van der Waals surface area contributed by atoms with Crippen LogP contribution < -0.4 is 5.32 Å². The first-order chi connectivity index (χ1) is 10.3. The molecule has 1 aliphatic carbocycles. The van der Waals surface area contributed by atoms with E-state index in [2.05, 4.69) is 5.32 Å². The number of aliphatic carboxylic acids is 1. The van der Waals surface area contributed by atoms with Crippen molar-refractivity contribution in [3.05, 3.63) is 39.4 Å². The number of benzene rings is 1. The number of hydrogen-bond donors (Lipinski definition) is 2. The number of nitrogens with one attached hydrogen (secondary N) is 1. The van der Waals surface area contributed by atoms with Crippen molar-refractivity contribution < 1.29 is 14.7 Å². The van der Waals surface area contributed by atoms with E-state index in [1.165, 1.54) is 0 Å².